The van der Waals surface area contributed by atoms with E-state index in [1.807, 2.05) is 0 Å². The molecule has 184 valence electrons. The van der Waals surface area contributed by atoms with Gasteiger partial charge in [-0.1, -0.05) is 31.7 Å². The molecule has 0 radical (unpaired) electrons. The first-order valence-corrected chi connectivity index (χ1v) is 13.4. The molecule has 2 heterocycles. The Morgan fingerprint density at radius 2 is 1.85 bits per heavy atom. The highest BCUT2D eigenvalue weighted by Gasteiger charge is 2.24. The summed E-state index contributed by atoms with van der Waals surface area (Å²) in [5.41, 5.74) is 0.629. The van der Waals surface area contributed by atoms with Crippen LogP contribution in [0.25, 0.3) is 0 Å². The second kappa shape index (κ2) is 11.1. The first-order valence-electron chi connectivity index (χ1n) is 11.9. The summed E-state index contributed by atoms with van der Waals surface area (Å²) in [6, 6.07) is 7.96. The van der Waals surface area contributed by atoms with E-state index in [2.05, 4.69) is 25.2 Å². The summed E-state index contributed by atoms with van der Waals surface area (Å²) < 4.78 is 33.7. The molecule has 1 amide bonds. The maximum absolute atomic E-state index is 13.4. The number of carbonyl (C=O) groups excluding carboxylic acids is 1. The largest absolute Gasteiger partial charge is 0.497 e. The van der Waals surface area contributed by atoms with Crippen LogP contribution < -0.4 is 25.0 Å². The smallest absolute Gasteiger partial charge is 0.262 e. The summed E-state index contributed by atoms with van der Waals surface area (Å²) in [6.07, 6.45) is 8.00. The minimum atomic E-state index is -3.88. The van der Waals surface area contributed by atoms with Crippen LogP contribution in [0.4, 0.5) is 11.5 Å². The maximum atomic E-state index is 13.4. The van der Waals surface area contributed by atoms with Crippen LogP contribution in [0.5, 0.6) is 5.75 Å². The third-order valence-corrected chi connectivity index (χ3v) is 7.70. The van der Waals surface area contributed by atoms with E-state index in [9.17, 15) is 13.2 Å². The van der Waals surface area contributed by atoms with Gasteiger partial charge < -0.3 is 20.3 Å². The van der Waals surface area contributed by atoms with Crippen LogP contribution in [-0.2, 0) is 10.0 Å². The van der Waals surface area contributed by atoms with Gasteiger partial charge in [0.05, 0.1) is 29.5 Å². The molecule has 1 aromatic carbocycles. The van der Waals surface area contributed by atoms with Crippen molar-refractivity contribution in [3.63, 3.8) is 0 Å². The number of piperazine rings is 1. The number of ether oxygens (including phenoxy) is 1. The number of methoxy groups -OCH3 is 1. The molecule has 0 unspecified atom stereocenters. The summed E-state index contributed by atoms with van der Waals surface area (Å²) in [4.78, 5) is 20.0. The molecular formula is C24H33N5O4S. The number of carbonyl (C=O) groups is 1. The number of aromatic nitrogens is 1. The fourth-order valence-corrected chi connectivity index (χ4v) is 5.55. The predicted octanol–water partition coefficient (Wildman–Crippen LogP) is 2.75. The number of amides is 1. The number of anilines is 2. The zero-order valence-electron chi connectivity index (χ0n) is 19.5. The Labute approximate surface area is 201 Å². The Balaban J connectivity index is 1.61. The molecule has 10 heteroatoms. The van der Waals surface area contributed by atoms with Crippen molar-refractivity contribution in [1.82, 2.24) is 15.6 Å². The first kappa shape index (κ1) is 24.3. The molecular weight excluding hydrogens is 454 g/mol. The number of nitrogens with zero attached hydrogens (tertiary/aromatic N) is 2. The molecule has 9 nitrogen and oxygen atoms in total. The van der Waals surface area contributed by atoms with Gasteiger partial charge in [0, 0.05) is 38.3 Å². The molecule has 2 aliphatic rings. The summed E-state index contributed by atoms with van der Waals surface area (Å²) in [6.45, 7) is 3.06. The molecule has 2 aromatic rings. The minimum absolute atomic E-state index is 0.0717. The first-order chi connectivity index (χ1) is 16.5. The van der Waals surface area contributed by atoms with Gasteiger partial charge in [-0.05, 0) is 31.0 Å². The fourth-order valence-electron chi connectivity index (χ4n) is 4.48. The highest BCUT2D eigenvalue weighted by Crippen LogP contribution is 2.26. The zero-order valence-corrected chi connectivity index (χ0v) is 20.4. The average molecular weight is 488 g/mol. The summed E-state index contributed by atoms with van der Waals surface area (Å²) in [5.74, 6) is 0.811. The van der Waals surface area contributed by atoms with Gasteiger partial charge in [0.25, 0.3) is 15.9 Å². The van der Waals surface area contributed by atoms with Crippen LogP contribution in [-0.4, -0.2) is 58.6 Å². The molecule has 4 rings (SSSR count). The van der Waals surface area contributed by atoms with E-state index in [4.69, 9.17) is 4.74 Å². The van der Waals surface area contributed by atoms with Gasteiger partial charge in [-0.2, -0.15) is 0 Å². The zero-order chi connectivity index (χ0) is 24.0. The minimum Gasteiger partial charge on any atom is -0.497 e. The number of hydrogen-bond acceptors (Lipinski definition) is 7. The summed E-state index contributed by atoms with van der Waals surface area (Å²) in [5, 5.41) is 6.48. The Morgan fingerprint density at radius 1 is 1.12 bits per heavy atom. The second-order valence-corrected chi connectivity index (χ2v) is 10.5. The fraction of sp³-hybridized carbons (Fsp3) is 0.500. The van der Waals surface area contributed by atoms with Crippen molar-refractivity contribution in [2.75, 3.05) is 42.9 Å². The molecule has 1 aliphatic carbocycles. The van der Waals surface area contributed by atoms with Crippen molar-refractivity contribution in [3.05, 3.63) is 42.1 Å². The highest BCUT2D eigenvalue weighted by atomic mass is 32.2. The number of nitrogens with one attached hydrogen (secondary N) is 3. The van der Waals surface area contributed by atoms with Crippen molar-refractivity contribution in [2.45, 2.75) is 49.5 Å². The summed E-state index contributed by atoms with van der Waals surface area (Å²) in [7, 11) is -2.40. The van der Waals surface area contributed by atoms with Crippen molar-refractivity contribution in [1.29, 1.82) is 0 Å². The van der Waals surface area contributed by atoms with Crippen LogP contribution in [0, 0.1) is 0 Å². The van der Waals surface area contributed by atoms with E-state index in [0.717, 1.165) is 51.9 Å². The highest BCUT2D eigenvalue weighted by molar-refractivity contribution is 7.92. The molecule has 1 saturated heterocycles. The van der Waals surface area contributed by atoms with Gasteiger partial charge in [0.1, 0.15) is 11.6 Å². The van der Waals surface area contributed by atoms with Gasteiger partial charge in [-0.25, -0.2) is 13.4 Å². The van der Waals surface area contributed by atoms with Crippen molar-refractivity contribution in [2.24, 2.45) is 0 Å². The lowest BCUT2D eigenvalue weighted by Crippen LogP contribution is -2.45. The van der Waals surface area contributed by atoms with Gasteiger partial charge in [-0.3, -0.25) is 9.52 Å². The number of benzene rings is 1. The summed E-state index contributed by atoms with van der Waals surface area (Å²) >= 11 is 0. The van der Waals surface area contributed by atoms with E-state index in [1.54, 1.807) is 18.2 Å². The van der Waals surface area contributed by atoms with Crippen LogP contribution >= 0.6 is 0 Å². The second-order valence-electron chi connectivity index (χ2n) is 8.78. The number of hydrogen-bond donors (Lipinski definition) is 3. The molecule has 3 N–H and O–H groups in total. The SMILES string of the molecule is COc1cccc(S(=O)(=O)Nc2cnc(N3CCNCC3)c(C(=O)NC3CCCCCC3)c2)c1. The molecule has 0 bridgehead atoms. The molecule has 1 aromatic heterocycles. The number of pyridine rings is 1. The van der Waals surface area contributed by atoms with E-state index >= 15 is 0 Å². The van der Waals surface area contributed by atoms with Crippen molar-refractivity contribution in [3.8, 4) is 5.75 Å². The van der Waals surface area contributed by atoms with Crippen molar-refractivity contribution < 1.29 is 17.9 Å². The quantitative estimate of drug-likeness (QED) is 0.515. The van der Waals surface area contributed by atoms with Crippen LogP contribution in [0.2, 0.25) is 0 Å². The standard InChI is InChI=1S/C24H33N5O4S/c1-33-20-9-6-10-21(16-20)34(31,32)28-19-15-22(23(26-17-19)29-13-11-25-12-14-29)24(30)27-18-7-4-2-3-5-8-18/h6,9-10,15-18,25,28H,2-5,7-8,11-14H2,1H3,(H,27,30). The lowest BCUT2D eigenvalue weighted by atomic mass is 10.1. The van der Waals surface area contributed by atoms with Gasteiger partial charge in [0.15, 0.2) is 0 Å². The van der Waals surface area contributed by atoms with Gasteiger partial charge in [0.2, 0.25) is 0 Å². The van der Waals surface area contributed by atoms with E-state index in [1.165, 1.54) is 38.3 Å². The molecule has 34 heavy (non-hydrogen) atoms. The predicted molar refractivity (Wildman–Crippen MR) is 132 cm³/mol. The van der Waals surface area contributed by atoms with Crippen molar-refractivity contribution >= 4 is 27.4 Å². The van der Waals surface area contributed by atoms with Gasteiger partial charge in [-0.15, -0.1) is 0 Å². The molecule has 2 fully saturated rings. The van der Waals surface area contributed by atoms with E-state index in [0.29, 0.717) is 17.1 Å². The van der Waals surface area contributed by atoms with Crippen LogP contribution in [0.3, 0.4) is 0 Å². The Morgan fingerprint density at radius 3 is 2.56 bits per heavy atom. The Bertz CT molecular complexity index is 1090. The Hall–Kier alpha value is -2.85. The van der Waals surface area contributed by atoms with Gasteiger partial charge >= 0.3 is 0 Å². The lowest BCUT2D eigenvalue weighted by Gasteiger charge is -2.30. The monoisotopic (exact) mass is 487 g/mol. The number of sulfonamides is 1. The van der Waals surface area contributed by atoms with Crippen LogP contribution in [0.15, 0.2) is 41.4 Å². The average Bonchev–Trinajstić information content (AvgIpc) is 3.13. The topological polar surface area (TPSA) is 113 Å². The number of rotatable bonds is 7. The van der Waals surface area contributed by atoms with Crippen LogP contribution in [0.1, 0.15) is 48.9 Å². The normalized spacial score (nSPS) is 17.6. The molecule has 1 aliphatic heterocycles. The van der Waals surface area contributed by atoms with E-state index in [-0.39, 0.29) is 22.5 Å². The Kier molecular flexibility index (Phi) is 7.89. The molecule has 0 spiro atoms. The molecule has 1 saturated carbocycles. The third-order valence-electron chi connectivity index (χ3n) is 6.32. The maximum Gasteiger partial charge on any atom is 0.262 e. The molecule has 0 atom stereocenters. The third kappa shape index (κ3) is 5.98. The lowest BCUT2D eigenvalue weighted by molar-refractivity contribution is 0.0933. The van der Waals surface area contributed by atoms with E-state index < -0.39 is 10.0 Å².